The summed E-state index contributed by atoms with van der Waals surface area (Å²) in [4.78, 5) is 15.2. The largest absolute Gasteiger partial charge is 0.494 e. The Labute approximate surface area is 181 Å². The molecule has 3 heterocycles. The van der Waals surface area contributed by atoms with Crippen LogP contribution in [0.25, 0.3) is 11.3 Å². The Balaban J connectivity index is 1.46. The second-order valence-electron chi connectivity index (χ2n) is 7.41. The van der Waals surface area contributed by atoms with Crippen molar-refractivity contribution in [3.8, 4) is 17.0 Å². The molecule has 1 aliphatic heterocycles. The van der Waals surface area contributed by atoms with Crippen molar-refractivity contribution < 1.29 is 14.6 Å². The van der Waals surface area contributed by atoms with Crippen molar-refractivity contribution in [1.82, 2.24) is 19.9 Å². The standard InChI is InChI=1S/C23H27N5O3/c1-2-30-21-7-6-16(10-17(21)15-29)13-28-8-9-31-22(14-28)20-5-3-4-19(27-20)18-11-25-23(24)26-12-18/h3-7,10-12,22,29H,2,8-9,13-15H2,1H3,(H2,24,25,26)/t22-/m1/s1. The average Bonchev–Trinajstić information content (AvgIpc) is 2.81. The van der Waals surface area contributed by atoms with E-state index in [1.165, 1.54) is 0 Å². The van der Waals surface area contributed by atoms with Crippen LogP contribution in [0.1, 0.15) is 29.8 Å². The lowest BCUT2D eigenvalue weighted by molar-refractivity contribution is -0.0349. The highest BCUT2D eigenvalue weighted by molar-refractivity contribution is 5.57. The molecule has 1 atom stereocenters. The van der Waals surface area contributed by atoms with Crippen LogP contribution in [0.15, 0.2) is 48.8 Å². The smallest absolute Gasteiger partial charge is 0.219 e. The summed E-state index contributed by atoms with van der Waals surface area (Å²) in [5.74, 6) is 0.978. The SMILES string of the molecule is CCOc1ccc(CN2CCO[C@@H](c3cccc(-c4cnc(N)nc4)n3)C2)cc1CO. The van der Waals surface area contributed by atoms with E-state index in [1.54, 1.807) is 12.4 Å². The Bertz CT molecular complexity index is 1010. The molecular formula is C23H27N5O3. The molecule has 0 unspecified atom stereocenters. The van der Waals surface area contributed by atoms with E-state index < -0.39 is 0 Å². The number of pyridine rings is 1. The number of hydrogen-bond acceptors (Lipinski definition) is 8. The summed E-state index contributed by atoms with van der Waals surface area (Å²) in [6.07, 6.45) is 3.23. The summed E-state index contributed by atoms with van der Waals surface area (Å²) in [5, 5.41) is 9.66. The zero-order valence-electron chi connectivity index (χ0n) is 17.6. The molecule has 0 amide bonds. The van der Waals surface area contributed by atoms with Crippen molar-refractivity contribution in [2.75, 3.05) is 32.0 Å². The number of hydrogen-bond donors (Lipinski definition) is 2. The number of benzene rings is 1. The molecule has 0 aliphatic carbocycles. The van der Waals surface area contributed by atoms with Crippen molar-refractivity contribution in [3.63, 3.8) is 0 Å². The van der Waals surface area contributed by atoms with Gasteiger partial charge in [-0.15, -0.1) is 0 Å². The zero-order valence-corrected chi connectivity index (χ0v) is 17.6. The molecule has 1 saturated heterocycles. The molecular weight excluding hydrogens is 394 g/mol. The van der Waals surface area contributed by atoms with Gasteiger partial charge in [-0.1, -0.05) is 12.1 Å². The number of aliphatic hydroxyl groups excluding tert-OH is 1. The quantitative estimate of drug-likeness (QED) is 0.600. The lowest BCUT2D eigenvalue weighted by atomic mass is 10.1. The molecule has 8 heteroatoms. The predicted octanol–water partition coefficient (Wildman–Crippen LogP) is 2.59. The van der Waals surface area contributed by atoms with Crippen LogP contribution < -0.4 is 10.5 Å². The molecule has 0 radical (unpaired) electrons. The summed E-state index contributed by atoms with van der Waals surface area (Å²) in [5.41, 5.74) is 10.0. The Morgan fingerprint density at radius 1 is 1.23 bits per heavy atom. The average molecular weight is 422 g/mol. The number of aromatic nitrogens is 3. The van der Waals surface area contributed by atoms with Crippen molar-refractivity contribution in [2.24, 2.45) is 0 Å². The van der Waals surface area contributed by atoms with Crippen LogP contribution in [0.2, 0.25) is 0 Å². The molecule has 4 rings (SSSR count). The number of nitrogens with two attached hydrogens (primary N) is 1. The fourth-order valence-corrected chi connectivity index (χ4v) is 3.70. The topological polar surface area (TPSA) is 107 Å². The van der Waals surface area contributed by atoms with Crippen LogP contribution in [-0.2, 0) is 17.9 Å². The molecule has 1 fully saturated rings. The first-order valence-electron chi connectivity index (χ1n) is 10.4. The van der Waals surface area contributed by atoms with Crippen molar-refractivity contribution in [2.45, 2.75) is 26.2 Å². The minimum absolute atomic E-state index is 0.0412. The molecule has 8 nitrogen and oxygen atoms in total. The highest BCUT2D eigenvalue weighted by Crippen LogP contribution is 2.26. The molecule has 0 spiro atoms. The maximum Gasteiger partial charge on any atom is 0.219 e. The van der Waals surface area contributed by atoms with Crippen molar-refractivity contribution in [3.05, 3.63) is 65.6 Å². The van der Waals surface area contributed by atoms with Crippen LogP contribution in [0.3, 0.4) is 0 Å². The molecule has 2 aromatic heterocycles. The van der Waals surface area contributed by atoms with Gasteiger partial charge < -0.3 is 20.3 Å². The first kappa shape index (κ1) is 21.2. The van der Waals surface area contributed by atoms with Gasteiger partial charge in [0.25, 0.3) is 0 Å². The van der Waals surface area contributed by atoms with E-state index in [4.69, 9.17) is 20.2 Å². The number of aliphatic hydroxyl groups is 1. The number of morpholine rings is 1. The van der Waals surface area contributed by atoms with E-state index in [0.717, 1.165) is 53.5 Å². The predicted molar refractivity (Wildman–Crippen MR) is 117 cm³/mol. The second-order valence-corrected chi connectivity index (χ2v) is 7.41. The van der Waals surface area contributed by atoms with E-state index in [2.05, 4.69) is 20.9 Å². The van der Waals surface area contributed by atoms with E-state index in [1.807, 2.05) is 37.3 Å². The third kappa shape index (κ3) is 5.16. The fraction of sp³-hybridized carbons (Fsp3) is 0.348. The zero-order chi connectivity index (χ0) is 21.6. The summed E-state index contributed by atoms with van der Waals surface area (Å²) in [6, 6.07) is 11.9. The number of rotatable bonds is 7. The Kier molecular flexibility index (Phi) is 6.71. The maximum absolute atomic E-state index is 9.66. The number of anilines is 1. The van der Waals surface area contributed by atoms with Gasteiger partial charge >= 0.3 is 0 Å². The summed E-state index contributed by atoms with van der Waals surface area (Å²) >= 11 is 0. The van der Waals surface area contributed by atoms with Gasteiger partial charge in [0.15, 0.2) is 0 Å². The fourth-order valence-electron chi connectivity index (χ4n) is 3.70. The first-order valence-corrected chi connectivity index (χ1v) is 10.4. The van der Waals surface area contributed by atoms with Gasteiger partial charge in [-0.05, 0) is 36.8 Å². The lowest BCUT2D eigenvalue weighted by Crippen LogP contribution is -2.38. The lowest BCUT2D eigenvalue weighted by Gasteiger charge is -2.33. The van der Waals surface area contributed by atoms with Gasteiger partial charge in [-0.3, -0.25) is 4.90 Å². The van der Waals surface area contributed by atoms with Gasteiger partial charge in [0.1, 0.15) is 11.9 Å². The summed E-state index contributed by atoms with van der Waals surface area (Å²) < 4.78 is 11.6. The maximum atomic E-state index is 9.66. The van der Waals surface area contributed by atoms with Gasteiger partial charge in [0.05, 0.1) is 31.2 Å². The van der Waals surface area contributed by atoms with Crippen LogP contribution in [0, 0.1) is 0 Å². The highest BCUT2D eigenvalue weighted by atomic mass is 16.5. The molecule has 3 aromatic rings. The molecule has 0 saturated carbocycles. The monoisotopic (exact) mass is 421 g/mol. The Hall–Kier alpha value is -3.07. The Morgan fingerprint density at radius 3 is 2.84 bits per heavy atom. The molecule has 0 bridgehead atoms. The third-order valence-corrected chi connectivity index (χ3v) is 5.22. The van der Waals surface area contributed by atoms with Crippen molar-refractivity contribution >= 4 is 5.95 Å². The Morgan fingerprint density at radius 2 is 2.06 bits per heavy atom. The second kappa shape index (κ2) is 9.82. The van der Waals surface area contributed by atoms with E-state index in [0.29, 0.717) is 13.2 Å². The minimum Gasteiger partial charge on any atom is -0.494 e. The molecule has 1 aromatic carbocycles. The summed E-state index contributed by atoms with van der Waals surface area (Å²) in [7, 11) is 0. The normalized spacial score (nSPS) is 16.9. The van der Waals surface area contributed by atoms with Gasteiger partial charge in [-0.2, -0.15) is 0 Å². The van der Waals surface area contributed by atoms with E-state index in [9.17, 15) is 5.11 Å². The molecule has 1 aliphatic rings. The first-order chi connectivity index (χ1) is 15.2. The van der Waals surface area contributed by atoms with Crippen LogP contribution >= 0.6 is 0 Å². The van der Waals surface area contributed by atoms with Gasteiger partial charge in [0, 0.05) is 43.2 Å². The third-order valence-electron chi connectivity index (χ3n) is 5.22. The van der Waals surface area contributed by atoms with E-state index in [-0.39, 0.29) is 18.7 Å². The van der Waals surface area contributed by atoms with Gasteiger partial charge in [0.2, 0.25) is 5.95 Å². The van der Waals surface area contributed by atoms with Crippen LogP contribution in [0.4, 0.5) is 5.95 Å². The molecule has 162 valence electrons. The van der Waals surface area contributed by atoms with Crippen LogP contribution in [-0.4, -0.2) is 51.3 Å². The molecule has 3 N–H and O–H groups in total. The minimum atomic E-state index is -0.122. The van der Waals surface area contributed by atoms with Crippen LogP contribution in [0.5, 0.6) is 5.75 Å². The van der Waals surface area contributed by atoms with E-state index >= 15 is 0 Å². The highest BCUT2D eigenvalue weighted by Gasteiger charge is 2.23. The number of nitrogens with zero attached hydrogens (tertiary/aromatic N) is 4. The molecule has 31 heavy (non-hydrogen) atoms. The number of nitrogen functional groups attached to an aromatic ring is 1. The number of ether oxygens (including phenoxy) is 2. The van der Waals surface area contributed by atoms with Gasteiger partial charge in [-0.25, -0.2) is 15.0 Å². The summed E-state index contributed by atoms with van der Waals surface area (Å²) in [6.45, 7) is 5.44. The van der Waals surface area contributed by atoms with Crippen molar-refractivity contribution in [1.29, 1.82) is 0 Å².